The fraction of sp³-hybridized carbons (Fsp3) is 0.500. The van der Waals surface area contributed by atoms with Crippen LogP contribution in [0, 0.1) is 0 Å². The molecule has 21 heavy (non-hydrogen) atoms. The molecule has 1 rings (SSSR count). The number of carbonyl (C=O) groups excluding carboxylic acids is 1. The first kappa shape index (κ1) is 17.3. The zero-order chi connectivity index (χ0) is 15.3. The maximum Gasteiger partial charge on any atom is 0.330 e. The van der Waals surface area contributed by atoms with E-state index in [4.69, 9.17) is 9.47 Å². The molecule has 0 saturated carbocycles. The van der Waals surface area contributed by atoms with E-state index in [-0.39, 0.29) is 5.97 Å². The van der Waals surface area contributed by atoms with Crippen LogP contribution in [0.5, 0.6) is 5.75 Å². The van der Waals surface area contributed by atoms with Gasteiger partial charge in [-0.1, -0.05) is 32.1 Å². The summed E-state index contributed by atoms with van der Waals surface area (Å²) in [5, 5.41) is 0. The molecule has 0 bridgehead atoms. The number of ether oxygens (including phenoxy) is 2. The van der Waals surface area contributed by atoms with Crippen LogP contribution in [-0.2, 0) is 16.0 Å². The quantitative estimate of drug-likeness (QED) is 0.346. The second-order valence-electron chi connectivity index (χ2n) is 5.03. The molecule has 3 heteroatoms. The fourth-order valence-electron chi connectivity index (χ4n) is 2.02. The van der Waals surface area contributed by atoms with E-state index in [1.807, 2.05) is 12.1 Å². The van der Waals surface area contributed by atoms with Crippen LogP contribution in [0.1, 0.15) is 44.6 Å². The number of unbranched alkanes of at least 4 members (excludes halogenated alkanes) is 3. The molecule has 0 fully saturated rings. The van der Waals surface area contributed by atoms with Crippen LogP contribution in [0.15, 0.2) is 36.9 Å². The topological polar surface area (TPSA) is 35.5 Å². The monoisotopic (exact) mass is 290 g/mol. The Hall–Kier alpha value is -1.77. The van der Waals surface area contributed by atoms with Crippen LogP contribution in [0.25, 0.3) is 0 Å². The van der Waals surface area contributed by atoms with Crippen molar-refractivity contribution in [3.8, 4) is 5.75 Å². The average Bonchev–Trinajstić information content (AvgIpc) is 2.51. The Bertz CT molecular complexity index is 409. The Morgan fingerprint density at radius 3 is 2.38 bits per heavy atom. The summed E-state index contributed by atoms with van der Waals surface area (Å²) in [6.07, 6.45) is 7.53. The van der Waals surface area contributed by atoms with E-state index in [9.17, 15) is 4.79 Å². The van der Waals surface area contributed by atoms with Crippen molar-refractivity contribution in [2.24, 2.45) is 0 Å². The molecule has 1 aromatic carbocycles. The van der Waals surface area contributed by atoms with Gasteiger partial charge < -0.3 is 9.47 Å². The predicted molar refractivity (Wildman–Crippen MR) is 85.6 cm³/mol. The fourth-order valence-corrected chi connectivity index (χ4v) is 2.02. The molecule has 0 aromatic heterocycles. The zero-order valence-corrected chi connectivity index (χ0v) is 13.0. The summed E-state index contributed by atoms with van der Waals surface area (Å²) >= 11 is 0. The largest absolute Gasteiger partial charge is 0.494 e. The van der Waals surface area contributed by atoms with Crippen molar-refractivity contribution in [2.45, 2.75) is 45.4 Å². The Kier molecular flexibility index (Phi) is 9.01. The standard InChI is InChI=1S/C18H26O3/c1-3-9-16-10-12-17(13-11-16)20-14-7-5-6-8-15-21-18(19)4-2/h4,10-13H,2-3,5-9,14-15H2,1H3. The minimum Gasteiger partial charge on any atom is -0.494 e. The van der Waals surface area contributed by atoms with Crippen molar-refractivity contribution in [2.75, 3.05) is 13.2 Å². The Morgan fingerprint density at radius 2 is 1.76 bits per heavy atom. The van der Waals surface area contributed by atoms with Crippen molar-refractivity contribution in [3.63, 3.8) is 0 Å². The number of carbonyl (C=O) groups is 1. The molecule has 0 aliphatic carbocycles. The van der Waals surface area contributed by atoms with Crippen LogP contribution < -0.4 is 4.74 Å². The molecule has 0 aliphatic heterocycles. The van der Waals surface area contributed by atoms with Crippen molar-refractivity contribution < 1.29 is 14.3 Å². The maximum absolute atomic E-state index is 10.8. The van der Waals surface area contributed by atoms with Gasteiger partial charge in [0.2, 0.25) is 0 Å². The van der Waals surface area contributed by atoms with Gasteiger partial charge in [0.15, 0.2) is 0 Å². The minimum absolute atomic E-state index is 0.343. The summed E-state index contributed by atoms with van der Waals surface area (Å²) in [7, 11) is 0. The number of aryl methyl sites for hydroxylation is 1. The normalized spacial score (nSPS) is 10.1. The molecule has 0 heterocycles. The molecule has 0 atom stereocenters. The average molecular weight is 290 g/mol. The molecule has 0 N–H and O–H groups in total. The SMILES string of the molecule is C=CC(=O)OCCCCCCOc1ccc(CCC)cc1. The van der Waals surface area contributed by atoms with E-state index in [0.717, 1.165) is 44.5 Å². The molecular formula is C18H26O3. The van der Waals surface area contributed by atoms with Gasteiger partial charge in [-0.2, -0.15) is 0 Å². The molecule has 1 aromatic rings. The molecule has 0 unspecified atom stereocenters. The summed E-state index contributed by atoms with van der Waals surface area (Å²) in [5.74, 6) is 0.597. The highest BCUT2D eigenvalue weighted by Crippen LogP contribution is 2.14. The van der Waals surface area contributed by atoms with Crippen molar-refractivity contribution in [1.82, 2.24) is 0 Å². The minimum atomic E-state index is -0.343. The van der Waals surface area contributed by atoms with Crippen LogP contribution in [0.4, 0.5) is 0 Å². The van der Waals surface area contributed by atoms with Crippen molar-refractivity contribution >= 4 is 5.97 Å². The summed E-state index contributed by atoms with van der Waals surface area (Å²) in [6.45, 7) is 6.75. The van der Waals surface area contributed by atoms with Gasteiger partial charge in [0, 0.05) is 6.08 Å². The van der Waals surface area contributed by atoms with Crippen molar-refractivity contribution in [1.29, 1.82) is 0 Å². The summed E-state index contributed by atoms with van der Waals surface area (Å²) < 4.78 is 10.6. The van der Waals surface area contributed by atoms with Crippen molar-refractivity contribution in [3.05, 3.63) is 42.5 Å². The lowest BCUT2D eigenvalue weighted by Gasteiger charge is -2.07. The molecule has 0 spiro atoms. The number of rotatable bonds is 11. The lowest BCUT2D eigenvalue weighted by atomic mass is 10.1. The number of hydrogen-bond donors (Lipinski definition) is 0. The number of benzene rings is 1. The first-order valence-corrected chi connectivity index (χ1v) is 7.77. The number of hydrogen-bond acceptors (Lipinski definition) is 3. The smallest absolute Gasteiger partial charge is 0.330 e. The summed E-state index contributed by atoms with van der Waals surface area (Å²) in [6, 6.07) is 8.35. The molecule has 0 aliphatic rings. The highest BCUT2D eigenvalue weighted by atomic mass is 16.5. The van der Waals surface area contributed by atoms with E-state index in [1.165, 1.54) is 18.1 Å². The van der Waals surface area contributed by atoms with Gasteiger partial charge in [-0.15, -0.1) is 0 Å². The molecule has 0 saturated heterocycles. The third kappa shape index (κ3) is 8.18. The Balaban J connectivity index is 2.01. The van der Waals surface area contributed by atoms with E-state index in [1.54, 1.807) is 0 Å². The van der Waals surface area contributed by atoms with Gasteiger partial charge in [-0.25, -0.2) is 4.79 Å². The van der Waals surface area contributed by atoms with Gasteiger partial charge in [-0.3, -0.25) is 0 Å². The van der Waals surface area contributed by atoms with E-state index in [2.05, 4.69) is 25.6 Å². The van der Waals surface area contributed by atoms with Crippen LogP contribution >= 0.6 is 0 Å². The van der Waals surface area contributed by atoms with Gasteiger partial charge in [0.25, 0.3) is 0 Å². The molecule has 0 amide bonds. The van der Waals surface area contributed by atoms with Crippen LogP contribution in [0.3, 0.4) is 0 Å². The molecule has 0 radical (unpaired) electrons. The lowest BCUT2D eigenvalue weighted by Crippen LogP contribution is -2.02. The van der Waals surface area contributed by atoms with Gasteiger partial charge in [0.05, 0.1) is 13.2 Å². The van der Waals surface area contributed by atoms with E-state index >= 15 is 0 Å². The molecular weight excluding hydrogens is 264 g/mol. The Morgan fingerprint density at radius 1 is 1.10 bits per heavy atom. The van der Waals surface area contributed by atoms with E-state index < -0.39 is 0 Å². The molecule has 3 nitrogen and oxygen atoms in total. The van der Waals surface area contributed by atoms with Crippen LogP contribution in [-0.4, -0.2) is 19.2 Å². The summed E-state index contributed by atoms with van der Waals surface area (Å²) in [5.41, 5.74) is 1.36. The molecule has 116 valence electrons. The first-order valence-electron chi connectivity index (χ1n) is 7.77. The van der Waals surface area contributed by atoms with Gasteiger partial charge in [0.1, 0.15) is 5.75 Å². The zero-order valence-electron chi connectivity index (χ0n) is 13.0. The van der Waals surface area contributed by atoms with Gasteiger partial charge >= 0.3 is 5.97 Å². The second kappa shape index (κ2) is 11.0. The van der Waals surface area contributed by atoms with E-state index in [0.29, 0.717) is 6.61 Å². The van der Waals surface area contributed by atoms with Crippen LogP contribution in [0.2, 0.25) is 0 Å². The number of esters is 1. The third-order valence-electron chi connectivity index (χ3n) is 3.18. The lowest BCUT2D eigenvalue weighted by molar-refractivity contribution is -0.137. The summed E-state index contributed by atoms with van der Waals surface area (Å²) in [4.78, 5) is 10.8. The highest BCUT2D eigenvalue weighted by molar-refractivity contribution is 5.81. The van der Waals surface area contributed by atoms with Gasteiger partial charge in [-0.05, 0) is 49.8 Å². The second-order valence-corrected chi connectivity index (χ2v) is 5.03. The Labute approximate surface area is 128 Å². The predicted octanol–water partition coefficient (Wildman–Crippen LogP) is 4.31. The highest BCUT2D eigenvalue weighted by Gasteiger charge is 1.97. The maximum atomic E-state index is 10.8. The first-order chi connectivity index (χ1) is 10.3. The third-order valence-corrected chi connectivity index (χ3v) is 3.18.